The average molecular weight is 384 g/mol. The molecule has 1 aromatic heterocycles. The lowest BCUT2D eigenvalue weighted by Gasteiger charge is -2.31. The standard InChI is InChI=1S/C21H24N2O5/c1-4-6-7-28-20-9-13-8-14(5-2)23-12-16(21(25)22-26)18(24)11-17(23)15(13)10-19(20)27-3/h9-12,14H,4-8H2,1-3H3. The second kappa shape index (κ2) is 8.37. The third-order valence-electron chi connectivity index (χ3n) is 5.13. The Morgan fingerprint density at radius 1 is 1.25 bits per heavy atom. The van der Waals surface area contributed by atoms with E-state index in [4.69, 9.17) is 9.47 Å². The van der Waals surface area contributed by atoms with Crippen molar-refractivity contribution in [2.45, 2.75) is 45.6 Å². The highest BCUT2D eigenvalue weighted by Crippen LogP contribution is 2.41. The zero-order chi connectivity index (χ0) is 20.3. The van der Waals surface area contributed by atoms with E-state index in [2.05, 4.69) is 12.1 Å². The van der Waals surface area contributed by atoms with E-state index in [1.54, 1.807) is 7.11 Å². The molecule has 1 unspecified atom stereocenters. The van der Waals surface area contributed by atoms with Gasteiger partial charge in [0.2, 0.25) is 0 Å². The summed E-state index contributed by atoms with van der Waals surface area (Å²) >= 11 is 0. The van der Waals surface area contributed by atoms with Crippen LogP contribution in [0, 0.1) is 4.91 Å². The molecule has 0 radical (unpaired) electrons. The summed E-state index contributed by atoms with van der Waals surface area (Å²) in [5.41, 5.74) is 1.90. The van der Waals surface area contributed by atoms with Crippen molar-refractivity contribution < 1.29 is 14.3 Å². The molecule has 1 aliphatic rings. The van der Waals surface area contributed by atoms with Gasteiger partial charge >= 0.3 is 5.91 Å². The van der Waals surface area contributed by atoms with Crippen molar-refractivity contribution in [2.75, 3.05) is 13.7 Å². The third kappa shape index (κ3) is 3.56. The van der Waals surface area contributed by atoms with Crippen LogP contribution in [0.1, 0.15) is 55.1 Å². The van der Waals surface area contributed by atoms with Crippen molar-refractivity contribution in [1.29, 1.82) is 0 Å². The summed E-state index contributed by atoms with van der Waals surface area (Å²) in [5, 5.41) is 2.40. The summed E-state index contributed by atoms with van der Waals surface area (Å²) in [6, 6.07) is 5.30. The van der Waals surface area contributed by atoms with Crippen LogP contribution in [0.2, 0.25) is 0 Å². The van der Waals surface area contributed by atoms with Gasteiger partial charge in [-0.1, -0.05) is 20.3 Å². The molecule has 7 nitrogen and oxygen atoms in total. The summed E-state index contributed by atoms with van der Waals surface area (Å²) in [4.78, 5) is 34.7. The molecule has 0 N–H and O–H groups in total. The summed E-state index contributed by atoms with van der Waals surface area (Å²) in [5.74, 6) is 0.244. The monoisotopic (exact) mass is 384 g/mol. The molecule has 0 aliphatic carbocycles. The quantitative estimate of drug-likeness (QED) is 0.529. The fourth-order valence-electron chi connectivity index (χ4n) is 3.58. The van der Waals surface area contributed by atoms with Crippen LogP contribution < -0.4 is 14.9 Å². The van der Waals surface area contributed by atoms with E-state index in [1.165, 1.54) is 12.3 Å². The van der Waals surface area contributed by atoms with Gasteiger partial charge in [-0.25, -0.2) is 0 Å². The van der Waals surface area contributed by atoms with Gasteiger partial charge in [-0.05, 0) is 37.0 Å². The van der Waals surface area contributed by atoms with Crippen LogP contribution >= 0.6 is 0 Å². The molecule has 2 aromatic rings. The molecule has 1 aliphatic heterocycles. The highest BCUT2D eigenvalue weighted by molar-refractivity contribution is 5.94. The van der Waals surface area contributed by atoms with Crippen LogP contribution in [0.4, 0.5) is 0 Å². The molecule has 3 rings (SSSR count). The van der Waals surface area contributed by atoms with E-state index >= 15 is 0 Å². The van der Waals surface area contributed by atoms with E-state index in [0.717, 1.165) is 36.8 Å². The predicted molar refractivity (Wildman–Crippen MR) is 106 cm³/mol. The number of pyridine rings is 1. The fraction of sp³-hybridized carbons (Fsp3) is 0.429. The Bertz CT molecular complexity index is 964. The molecule has 1 aromatic carbocycles. The van der Waals surface area contributed by atoms with Gasteiger partial charge in [-0.2, -0.15) is 0 Å². The Balaban J connectivity index is 2.14. The lowest BCUT2D eigenvalue weighted by Crippen LogP contribution is -2.25. The number of carbonyl (C=O) groups excluding carboxylic acids is 1. The van der Waals surface area contributed by atoms with Gasteiger partial charge in [-0.15, -0.1) is 4.91 Å². The number of methoxy groups -OCH3 is 1. The zero-order valence-corrected chi connectivity index (χ0v) is 16.4. The van der Waals surface area contributed by atoms with Gasteiger partial charge in [0.15, 0.2) is 16.9 Å². The number of rotatable bonds is 7. The number of aromatic nitrogens is 1. The predicted octanol–water partition coefficient (Wildman–Crippen LogP) is 4.12. The minimum Gasteiger partial charge on any atom is -0.493 e. The molecule has 1 atom stereocenters. The van der Waals surface area contributed by atoms with E-state index < -0.39 is 11.3 Å². The van der Waals surface area contributed by atoms with Crippen molar-refractivity contribution in [3.8, 4) is 22.8 Å². The van der Waals surface area contributed by atoms with Crippen LogP contribution in [-0.4, -0.2) is 24.2 Å². The molecule has 0 bridgehead atoms. The molecular formula is C21H24N2O5. The summed E-state index contributed by atoms with van der Waals surface area (Å²) in [7, 11) is 1.58. The number of fused-ring (bicyclic) bond motifs is 3. The second-order valence-corrected chi connectivity index (χ2v) is 6.87. The first kappa shape index (κ1) is 19.8. The Morgan fingerprint density at radius 3 is 2.68 bits per heavy atom. The molecule has 1 amide bonds. The topological polar surface area (TPSA) is 87.0 Å². The summed E-state index contributed by atoms with van der Waals surface area (Å²) < 4.78 is 13.3. The highest BCUT2D eigenvalue weighted by atomic mass is 16.5. The van der Waals surface area contributed by atoms with Crippen LogP contribution in [0.25, 0.3) is 11.3 Å². The Hall–Kier alpha value is -2.96. The number of hydrogen-bond donors (Lipinski definition) is 0. The third-order valence-corrected chi connectivity index (χ3v) is 5.13. The largest absolute Gasteiger partial charge is 0.493 e. The lowest BCUT2D eigenvalue weighted by atomic mass is 9.90. The van der Waals surface area contributed by atoms with Crippen LogP contribution in [0.3, 0.4) is 0 Å². The van der Waals surface area contributed by atoms with Gasteiger partial charge in [0.05, 0.1) is 19.4 Å². The van der Waals surface area contributed by atoms with Crippen LogP contribution in [0.15, 0.2) is 34.4 Å². The number of amides is 1. The smallest absolute Gasteiger partial charge is 0.322 e. The summed E-state index contributed by atoms with van der Waals surface area (Å²) in [6.45, 7) is 4.76. The fourth-order valence-corrected chi connectivity index (χ4v) is 3.58. The normalized spacial score (nSPS) is 14.8. The first-order valence-corrected chi connectivity index (χ1v) is 9.51. The zero-order valence-electron chi connectivity index (χ0n) is 16.4. The molecular weight excluding hydrogens is 360 g/mol. The maximum atomic E-state index is 12.4. The molecule has 0 fully saturated rings. The van der Waals surface area contributed by atoms with Crippen molar-refractivity contribution in [3.63, 3.8) is 0 Å². The minimum absolute atomic E-state index is 0.0539. The Kier molecular flexibility index (Phi) is 5.92. The number of nitroso groups, excluding NO2 is 1. The number of nitrogens with zero attached hydrogens (tertiary/aromatic N) is 2. The summed E-state index contributed by atoms with van der Waals surface area (Å²) in [6.07, 6.45) is 4.97. The second-order valence-electron chi connectivity index (χ2n) is 6.87. The van der Waals surface area contributed by atoms with Gasteiger partial charge in [-0.3, -0.25) is 9.59 Å². The SMILES string of the molecule is CCCCOc1cc2c(cc1OC)-c1cc(=O)c(C(=O)N=O)cn1C(CC)C2. The van der Waals surface area contributed by atoms with Crippen molar-refractivity contribution >= 4 is 5.91 Å². The lowest BCUT2D eigenvalue weighted by molar-refractivity contribution is 0.0999. The maximum Gasteiger partial charge on any atom is 0.322 e. The van der Waals surface area contributed by atoms with Crippen LogP contribution in [0.5, 0.6) is 11.5 Å². The van der Waals surface area contributed by atoms with Gasteiger partial charge in [0.1, 0.15) is 5.56 Å². The van der Waals surface area contributed by atoms with E-state index in [0.29, 0.717) is 23.8 Å². The molecule has 2 heterocycles. The molecule has 0 spiro atoms. The molecule has 148 valence electrons. The van der Waals surface area contributed by atoms with Gasteiger partial charge in [0.25, 0.3) is 0 Å². The molecule has 0 saturated heterocycles. The molecule has 0 saturated carbocycles. The van der Waals surface area contributed by atoms with Crippen molar-refractivity contribution in [1.82, 2.24) is 4.57 Å². The molecule has 28 heavy (non-hydrogen) atoms. The number of unbranched alkanes of at least 4 members (excludes halogenated alkanes) is 1. The van der Waals surface area contributed by atoms with E-state index in [-0.39, 0.29) is 11.6 Å². The number of benzene rings is 1. The van der Waals surface area contributed by atoms with Gasteiger partial charge < -0.3 is 14.0 Å². The average Bonchev–Trinajstić information content (AvgIpc) is 2.71. The van der Waals surface area contributed by atoms with Crippen molar-refractivity contribution in [3.05, 3.63) is 50.7 Å². The molecule has 7 heteroatoms. The van der Waals surface area contributed by atoms with E-state index in [9.17, 15) is 14.5 Å². The maximum absolute atomic E-state index is 12.4. The minimum atomic E-state index is -1.04. The first-order chi connectivity index (χ1) is 13.5. The highest BCUT2D eigenvalue weighted by Gasteiger charge is 2.27. The number of carbonyl (C=O) groups is 1. The number of ether oxygens (including phenoxy) is 2. The van der Waals surface area contributed by atoms with Crippen LogP contribution in [-0.2, 0) is 6.42 Å². The van der Waals surface area contributed by atoms with Gasteiger partial charge in [0, 0.05) is 29.0 Å². The van der Waals surface area contributed by atoms with Crippen molar-refractivity contribution in [2.24, 2.45) is 5.18 Å². The number of hydrogen-bond acceptors (Lipinski definition) is 5. The Labute approximate surface area is 163 Å². The Morgan fingerprint density at radius 2 is 2.04 bits per heavy atom. The first-order valence-electron chi connectivity index (χ1n) is 9.51. The van der Waals surface area contributed by atoms with E-state index in [1.807, 2.05) is 23.6 Å².